The summed E-state index contributed by atoms with van der Waals surface area (Å²) in [6.45, 7) is 4.03. The maximum Gasteiger partial charge on any atom is 0.133 e. The number of azo groups is 1. The molecule has 4 heteroatoms. The van der Waals surface area contributed by atoms with Crippen LogP contribution in [-0.2, 0) is 0 Å². The second-order valence-corrected chi connectivity index (χ2v) is 3.58. The highest BCUT2D eigenvalue weighted by Gasteiger charge is 2.10. The number of benzene rings is 1. The molecule has 0 amide bonds. The van der Waals surface area contributed by atoms with Gasteiger partial charge in [0.1, 0.15) is 11.9 Å². The van der Waals surface area contributed by atoms with Crippen molar-refractivity contribution in [2.75, 3.05) is 7.05 Å². The molecule has 1 heterocycles. The van der Waals surface area contributed by atoms with Crippen LogP contribution >= 0.6 is 0 Å². The lowest BCUT2D eigenvalue weighted by Crippen LogP contribution is -1.90. The van der Waals surface area contributed by atoms with Gasteiger partial charge in [0, 0.05) is 7.05 Å². The first kappa shape index (κ1) is 9.83. The molecule has 0 aliphatic rings. The SMILES string of the molecule is CN=NC(C)c1nc2c(C)cccc2[nH]1. The lowest BCUT2D eigenvalue weighted by molar-refractivity contribution is 0.709. The molecular formula is C11H14N4. The van der Waals surface area contributed by atoms with Crippen LogP contribution in [0.15, 0.2) is 28.4 Å². The highest BCUT2D eigenvalue weighted by Crippen LogP contribution is 2.20. The van der Waals surface area contributed by atoms with Gasteiger partial charge in [0.05, 0.1) is 11.0 Å². The Balaban J connectivity index is 2.51. The Morgan fingerprint density at radius 3 is 2.87 bits per heavy atom. The topological polar surface area (TPSA) is 53.4 Å². The summed E-state index contributed by atoms with van der Waals surface area (Å²) in [6.07, 6.45) is 0. The number of rotatable bonds is 2. The normalized spacial score (nSPS) is 13.8. The van der Waals surface area contributed by atoms with E-state index in [1.807, 2.05) is 19.1 Å². The van der Waals surface area contributed by atoms with Crippen LogP contribution in [0.3, 0.4) is 0 Å². The number of aryl methyl sites for hydroxylation is 1. The van der Waals surface area contributed by atoms with Gasteiger partial charge in [0.15, 0.2) is 0 Å². The number of hydrogen-bond donors (Lipinski definition) is 1. The minimum atomic E-state index is -0.0122. The van der Waals surface area contributed by atoms with Gasteiger partial charge in [-0.15, -0.1) is 0 Å². The monoisotopic (exact) mass is 202 g/mol. The summed E-state index contributed by atoms with van der Waals surface area (Å²) in [5, 5.41) is 7.82. The largest absolute Gasteiger partial charge is 0.340 e. The predicted molar refractivity (Wildman–Crippen MR) is 60.0 cm³/mol. The first-order chi connectivity index (χ1) is 7.22. The summed E-state index contributed by atoms with van der Waals surface area (Å²) in [7, 11) is 1.67. The fraction of sp³-hybridized carbons (Fsp3) is 0.364. The highest BCUT2D eigenvalue weighted by atomic mass is 15.1. The fourth-order valence-corrected chi connectivity index (χ4v) is 1.62. The maximum absolute atomic E-state index is 4.52. The first-order valence-corrected chi connectivity index (χ1v) is 4.96. The Labute approximate surface area is 88.4 Å². The molecule has 1 atom stereocenters. The number of fused-ring (bicyclic) bond motifs is 1. The Bertz CT molecular complexity index is 498. The minimum absolute atomic E-state index is 0.0122. The van der Waals surface area contributed by atoms with E-state index in [1.165, 1.54) is 5.56 Å². The van der Waals surface area contributed by atoms with Crippen LogP contribution in [0.2, 0.25) is 0 Å². The summed E-state index contributed by atoms with van der Waals surface area (Å²) >= 11 is 0. The summed E-state index contributed by atoms with van der Waals surface area (Å²) in [4.78, 5) is 7.78. The van der Waals surface area contributed by atoms with Gasteiger partial charge in [-0.3, -0.25) is 0 Å². The molecule has 0 aliphatic heterocycles. The minimum Gasteiger partial charge on any atom is -0.340 e. The van der Waals surface area contributed by atoms with Gasteiger partial charge < -0.3 is 4.98 Å². The van der Waals surface area contributed by atoms with Crippen LogP contribution in [-0.4, -0.2) is 17.0 Å². The number of hydrogen-bond acceptors (Lipinski definition) is 3. The Morgan fingerprint density at radius 1 is 1.40 bits per heavy atom. The number of imidazole rings is 1. The van der Waals surface area contributed by atoms with Crippen LogP contribution in [0, 0.1) is 6.92 Å². The average molecular weight is 202 g/mol. The third kappa shape index (κ3) is 1.75. The van der Waals surface area contributed by atoms with Gasteiger partial charge in [0.2, 0.25) is 0 Å². The van der Waals surface area contributed by atoms with Crippen LogP contribution in [0.4, 0.5) is 0 Å². The number of aromatic nitrogens is 2. The van der Waals surface area contributed by atoms with E-state index >= 15 is 0 Å². The van der Waals surface area contributed by atoms with Crippen molar-refractivity contribution in [3.05, 3.63) is 29.6 Å². The van der Waals surface area contributed by atoms with E-state index in [0.717, 1.165) is 16.9 Å². The molecular weight excluding hydrogens is 188 g/mol. The third-order valence-corrected chi connectivity index (χ3v) is 2.42. The van der Waals surface area contributed by atoms with E-state index in [-0.39, 0.29) is 6.04 Å². The quantitative estimate of drug-likeness (QED) is 0.748. The van der Waals surface area contributed by atoms with Crippen LogP contribution < -0.4 is 0 Å². The third-order valence-electron chi connectivity index (χ3n) is 2.42. The Morgan fingerprint density at radius 2 is 2.20 bits per heavy atom. The van der Waals surface area contributed by atoms with Crippen LogP contribution in [0.5, 0.6) is 0 Å². The lowest BCUT2D eigenvalue weighted by atomic mass is 10.2. The van der Waals surface area contributed by atoms with Gasteiger partial charge in [-0.05, 0) is 25.5 Å². The molecule has 1 aromatic heterocycles. The fourth-order valence-electron chi connectivity index (χ4n) is 1.62. The molecule has 2 aromatic rings. The van der Waals surface area contributed by atoms with Crippen molar-refractivity contribution in [1.82, 2.24) is 9.97 Å². The average Bonchev–Trinajstić information content (AvgIpc) is 2.63. The molecule has 1 aromatic carbocycles. The molecule has 0 saturated carbocycles. The standard InChI is InChI=1S/C11H14N4/c1-7-5-4-6-9-10(7)14-11(13-9)8(2)15-12-3/h4-6,8H,1-3H3,(H,13,14). The van der Waals surface area contributed by atoms with Gasteiger partial charge >= 0.3 is 0 Å². The van der Waals surface area contributed by atoms with E-state index in [2.05, 4.69) is 33.2 Å². The van der Waals surface area contributed by atoms with E-state index in [4.69, 9.17) is 0 Å². The Hall–Kier alpha value is -1.71. The van der Waals surface area contributed by atoms with Crippen molar-refractivity contribution in [2.45, 2.75) is 19.9 Å². The highest BCUT2D eigenvalue weighted by molar-refractivity contribution is 5.78. The molecule has 15 heavy (non-hydrogen) atoms. The van der Waals surface area contributed by atoms with E-state index in [0.29, 0.717) is 0 Å². The van der Waals surface area contributed by atoms with E-state index < -0.39 is 0 Å². The summed E-state index contributed by atoms with van der Waals surface area (Å²) in [5.74, 6) is 0.866. The van der Waals surface area contributed by atoms with Crippen molar-refractivity contribution in [3.63, 3.8) is 0 Å². The van der Waals surface area contributed by atoms with Gasteiger partial charge in [-0.25, -0.2) is 4.98 Å². The zero-order chi connectivity index (χ0) is 10.8. The number of nitrogens with one attached hydrogen (secondary N) is 1. The maximum atomic E-state index is 4.52. The molecule has 0 radical (unpaired) electrons. The molecule has 0 spiro atoms. The molecule has 0 bridgehead atoms. The number of H-pyrrole nitrogens is 1. The Kier molecular flexibility index (Phi) is 2.49. The van der Waals surface area contributed by atoms with Crippen molar-refractivity contribution in [1.29, 1.82) is 0 Å². The van der Waals surface area contributed by atoms with Crippen molar-refractivity contribution in [2.24, 2.45) is 10.2 Å². The van der Waals surface area contributed by atoms with Gasteiger partial charge in [-0.2, -0.15) is 10.2 Å². The van der Waals surface area contributed by atoms with Crippen molar-refractivity contribution in [3.8, 4) is 0 Å². The second kappa shape index (κ2) is 3.81. The van der Waals surface area contributed by atoms with Gasteiger partial charge in [-0.1, -0.05) is 12.1 Å². The lowest BCUT2D eigenvalue weighted by Gasteiger charge is -1.97. The second-order valence-electron chi connectivity index (χ2n) is 3.58. The number of nitrogens with zero attached hydrogens (tertiary/aromatic N) is 3. The summed E-state index contributed by atoms with van der Waals surface area (Å²) in [6, 6.07) is 6.08. The molecule has 1 N–H and O–H groups in total. The van der Waals surface area contributed by atoms with Crippen LogP contribution in [0.1, 0.15) is 24.4 Å². The first-order valence-electron chi connectivity index (χ1n) is 4.96. The van der Waals surface area contributed by atoms with Gasteiger partial charge in [0.25, 0.3) is 0 Å². The molecule has 4 nitrogen and oxygen atoms in total. The zero-order valence-electron chi connectivity index (χ0n) is 9.15. The molecule has 1 unspecified atom stereocenters. The molecule has 0 fully saturated rings. The number of aromatic amines is 1. The molecule has 78 valence electrons. The molecule has 0 saturated heterocycles. The van der Waals surface area contributed by atoms with Crippen molar-refractivity contribution < 1.29 is 0 Å². The number of para-hydroxylation sites is 1. The van der Waals surface area contributed by atoms with E-state index in [9.17, 15) is 0 Å². The smallest absolute Gasteiger partial charge is 0.133 e. The summed E-state index contributed by atoms with van der Waals surface area (Å²) in [5.41, 5.74) is 3.25. The van der Waals surface area contributed by atoms with Crippen molar-refractivity contribution >= 4 is 11.0 Å². The summed E-state index contributed by atoms with van der Waals surface area (Å²) < 4.78 is 0. The molecule has 2 rings (SSSR count). The van der Waals surface area contributed by atoms with E-state index in [1.54, 1.807) is 7.05 Å². The van der Waals surface area contributed by atoms with Crippen LogP contribution in [0.25, 0.3) is 11.0 Å². The zero-order valence-corrected chi connectivity index (χ0v) is 9.15. The predicted octanol–water partition coefficient (Wildman–Crippen LogP) is 3.01. The molecule has 0 aliphatic carbocycles.